The first-order chi connectivity index (χ1) is 27.0. The van der Waals surface area contributed by atoms with Crippen LogP contribution in [0.1, 0.15) is 264 Å². The van der Waals surface area contributed by atoms with Gasteiger partial charge in [0, 0.05) is 12.8 Å². The number of carbonyl (C=O) groups is 2. The number of allylic oxidation sites excluding steroid dienone is 1. The number of amides is 1. The normalized spacial score (nSPS) is 12.7. The molecule has 6 nitrogen and oxygen atoms in total. The van der Waals surface area contributed by atoms with Crippen molar-refractivity contribution >= 4 is 11.9 Å². The first-order valence-electron chi connectivity index (χ1n) is 24.5. The number of rotatable bonds is 45. The molecule has 0 aliphatic carbocycles. The summed E-state index contributed by atoms with van der Waals surface area (Å²) < 4.78 is 5.44. The van der Waals surface area contributed by atoms with Gasteiger partial charge < -0.3 is 20.3 Å². The van der Waals surface area contributed by atoms with Crippen LogP contribution in [-0.4, -0.2) is 47.4 Å². The summed E-state index contributed by atoms with van der Waals surface area (Å²) in [4.78, 5) is 24.4. The van der Waals surface area contributed by atoms with Crippen molar-refractivity contribution in [1.29, 1.82) is 0 Å². The first kappa shape index (κ1) is 53.6. The molecule has 55 heavy (non-hydrogen) atoms. The van der Waals surface area contributed by atoms with Gasteiger partial charge in [-0.05, 0) is 32.1 Å². The lowest BCUT2D eigenvalue weighted by atomic mass is 10.0. The van der Waals surface area contributed by atoms with Gasteiger partial charge in [-0.25, -0.2) is 0 Å². The molecule has 0 radical (unpaired) electrons. The second kappa shape index (κ2) is 45.3. The van der Waals surface area contributed by atoms with Crippen LogP contribution in [0.15, 0.2) is 12.2 Å². The Morgan fingerprint density at radius 2 is 0.836 bits per heavy atom. The maximum atomic E-state index is 12.4. The van der Waals surface area contributed by atoms with Crippen LogP contribution >= 0.6 is 0 Å². The Balaban J connectivity index is 3.52. The van der Waals surface area contributed by atoms with Crippen LogP contribution in [-0.2, 0) is 14.3 Å². The predicted molar refractivity (Wildman–Crippen MR) is 237 cm³/mol. The molecule has 0 aromatic heterocycles. The Morgan fingerprint density at radius 1 is 0.491 bits per heavy atom. The minimum Gasteiger partial charge on any atom is -0.466 e. The molecule has 6 heteroatoms. The van der Waals surface area contributed by atoms with E-state index in [-0.39, 0.29) is 18.5 Å². The van der Waals surface area contributed by atoms with Crippen LogP contribution in [0, 0.1) is 0 Å². The number of hydrogen-bond donors (Lipinski definition) is 3. The molecule has 0 spiro atoms. The van der Waals surface area contributed by atoms with Crippen molar-refractivity contribution in [1.82, 2.24) is 5.32 Å². The molecule has 0 rings (SSSR count). The van der Waals surface area contributed by atoms with Crippen molar-refractivity contribution in [2.75, 3.05) is 13.2 Å². The maximum absolute atomic E-state index is 12.4. The highest BCUT2D eigenvalue weighted by atomic mass is 16.5. The zero-order valence-electron chi connectivity index (χ0n) is 36.9. The summed E-state index contributed by atoms with van der Waals surface area (Å²) in [5.41, 5.74) is 0. The first-order valence-corrected chi connectivity index (χ1v) is 24.5. The quantitative estimate of drug-likeness (QED) is 0.0325. The van der Waals surface area contributed by atoms with E-state index in [2.05, 4.69) is 19.2 Å². The number of aliphatic hydroxyl groups excluding tert-OH is 2. The Hall–Kier alpha value is -1.40. The number of carbonyl (C=O) groups excluding carboxylic acids is 2. The monoisotopic (exact) mass is 778 g/mol. The van der Waals surface area contributed by atoms with E-state index in [1.54, 1.807) is 6.08 Å². The third-order valence-corrected chi connectivity index (χ3v) is 11.3. The van der Waals surface area contributed by atoms with Gasteiger partial charge in [-0.3, -0.25) is 9.59 Å². The molecule has 0 fully saturated rings. The third kappa shape index (κ3) is 42.0. The van der Waals surface area contributed by atoms with Gasteiger partial charge in [0.1, 0.15) is 0 Å². The third-order valence-electron chi connectivity index (χ3n) is 11.3. The highest BCUT2D eigenvalue weighted by Gasteiger charge is 2.18. The summed E-state index contributed by atoms with van der Waals surface area (Å²) in [5, 5.41) is 23.0. The van der Waals surface area contributed by atoms with Gasteiger partial charge in [0.25, 0.3) is 0 Å². The van der Waals surface area contributed by atoms with Crippen LogP contribution in [0.25, 0.3) is 0 Å². The van der Waals surface area contributed by atoms with Crippen molar-refractivity contribution in [3.05, 3.63) is 12.2 Å². The van der Waals surface area contributed by atoms with E-state index in [0.29, 0.717) is 19.4 Å². The lowest BCUT2D eigenvalue weighted by Gasteiger charge is -2.20. The molecule has 326 valence electrons. The van der Waals surface area contributed by atoms with Crippen LogP contribution in [0.2, 0.25) is 0 Å². The summed E-state index contributed by atoms with van der Waals surface area (Å²) in [6.07, 6.45) is 50.5. The number of esters is 1. The molecular formula is C49H95NO5. The largest absolute Gasteiger partial charge is 0.466 e. The fraction of sp³-hybridized carbons (Fsp3) is 0.918. The van der Waals surface area contributed by atoms with Gasteiger partial charge in [-0.2, -0.15) is 0 Å². The molecule has 1 amide bonds. The second-order valence-corrected chi connectivity index (χ2v) is 16.8. The number of hydrogen-bond acceptors (Lipinski definition) is 5. The summed E-state index contributed by atoms with van der Waals surface area (Å²) in [7, 11) is 0. The van der Waals surface area contributed by atoms with E-state index < -0.39 is 12.1 Å². The Bertz CT molecular complexity index is 817. The lowest BCUT2D eigenvalue weighted by Crippen LogP contribution is -2.45. The van der Waals surface area contributed by atoms with Crippen molar-refractivity contribution in [2.45, 2.75) is 276 Å². The minimum atomic E-state index is -0.855. The maximum Gasteiger partial charge on any atom is 0.305 e. The van der Waals surface area contributed by atoms with Crippen LogP contribution < -0.4 is 5.32 Å². The smallest absolute Gasteiger partial charge is 0.305 e. The van der Waals surface area contributed by atoms with E-state index in [1.165, 1.54) is 180 Å². The molecule has 0 bridgehead atoms. The van der Waals surface area contributed by atoms with Crippen molar-refractivity contribution < 1.29 is 24.5 Å². The van der Waals surface area contributed by atoms with Gasteiger partial charge in [-0.1, -0.05) is 231 Å². The van der Waals surface area contributed by atoms with Crippen LogP contribution in [0.5, 0.6) is 0 Å². The average molecular weight is 778 g/mol. The number of unbranched alkanes of at least 4 members (excludes halogenated alkanes) is 34. The summed E-state index contributed by atoms with van der Waals surface area (Å²) in [5.74, 6) is -0.101. The van der Waals surface area contributed by atoms with Gasteiger partial charge in [0.05, 0.1) is 25.4 Å². The van der Waals surface area contributed by atoms with Gasteiger partial charge in [-0.15, -0.1) is 0 Å². The molecule has 0 aliphatic heterocycles. The molecule has 0 saturated carbocycles. The highest BCUT2D eigenvalue weighted by Crippen LogP contribution is 2.16. The molecule has 0 saturated heterocycles. The van der Waals surface area contributed by atoms with E-state index in [1.807, 2.05) is 6.08 Å². The molecular weight excluding hydrogens is 683 g/mol. The fourth-order valence-corrected chi connectivity index (χ4v) is 7.51. The van der Waals surface area contributed by atoms with Gasteiger partial charge >= 0.3 is 5.97 Å². The van der Waals surface area contributed by atoms with Gasteiger partial charge in [0.15, 0.2) is 0 Å². The molecule has 0 aliphatic rings. The number of nitrogens with one attached hydrogen (secondary N) is 1. The van der Waals surface area contributed by atoms with E-state index >= 15 is 0 Å². The highest BCUT2D eigenvalue weighted by molar-refractivity contribution is 5.76. The van der Waals surface area contributed by atoms with Crippen molar-refractivity contribution in [3.63, 3.8) is 0 Å². The number of ether oxygens (including phenoxy) is 1. The Morgan fingerprint density at radius 3 is 1.24 bits per heavy atom. The zero-order chi connectivity index (χ0) is 40.1. The molecule has 2 unspecified atom stereocenters. The Kier molecular flexibility index (Phi) is 44.2. The topological polar surface area (TPSA) is 95.9 Å². The van der Waals surface area contributed by atoms with Crippen LogP contribution in [0.4, 0.5) is 0 Å². The SMILES string of the molecule is CCCCCCCCCCCCCCCC/C=C/C(O)C(CO)NC(=O)CCCCCCCCCCCCCOC(=O)CCCCCCCCCCCCC. The molecule has 0 aromatic rings. The van der Waals surface area contributed by atoms with E-state index in [0.717, 1.165) is 57.8 Å². The molecule has 0 aromatic carbocycles. The van der Waals surface area contributed by atoms with E-state index in [9.17, 15) is 19.8 Å². The lowest BCUT2D eigenvalue weighted by molar-refractivity contribution is -0.143. The molecule has 3 N–H and O–H groups in total. The fourth-order valence-electron chi connectivity index (χ4n) is 7.51. The average Bonchev–Trinajstić information content (AvgIpc) is 3.18. The number of aliphatic hydroxyl groups is 2. The summed E-state index contributed by atoms with van der Waals surface area (Å²) in [6, 6.07) is -0.640. The van der Waals surface area contributed by atoms with Crippen molar-refractivity contribution in [2.24, 2.45) is 0 Å². The Labute approximate surface area is 342 Å². The minimum absolute atomic E-state index is 0.0157. The zero-order valence-corrected chi connectivity index (χ0v) is 36.9. The van der Waals surface area contributed by atoms with Crippen LogP contribution in [0.3, 0.4) is 0 Å². The molecule has 0 heterocycles. The van der Waals surface area contributed by atoms with Crippen molar-refractivity contribution in [3.8, 4) is 0 Å². The second-order valence-electron chi connectivity index (χ2n) is 16.8. The molecule has 2 atom stereocenters. The predicted octanol–water partition coefficient (Wildman–Crippen LogP) is 14.2. The van der Waals surface area contributed by atoms with E-state index in [4.69, 9.17) is 4.74 Å². The summed E-state index contributed by atoms with van der Waals surface area (Å²) in [6.45, 7) is 4.86. The summed E-state index contributed by atoms with van der Waals surface area (Å²) >= 11 is 0. The van der Waals surface area contributed by atoms with Gasteiger partial charge in [0.2, 0.25) is 5.91 Å². The standard InChI is InChI=1S/C49H95NO5/c1-3-5-7-9-11-13-15-16-17-18-19-22-25-29-33-37-41-47(52)46(45-51)50-48(53)42-38-34-30-26-23-20-24-28-32-36-40-44-55-49(54)43-39-35-31-27-21-14-12-10-8-6-4-2/h37,41,46-47,51-52H,3-36,38-40,42-45H2,1-2H3,(H,50,53)/b41-37+.